The van der Waals surface area contributed by atoms with Crippen molar-refractivity contribution in [2.75, 3.05) is 6.54 Å². The summed E-state index contributed by atoms with van der Waals surface area (Å²) in [5.41, 5.74) is 1.94. The summed E-state index contributed by atoms with van der Waals surface area (Å²) in [6.45, 7) is 5.04. The van der Waals surface area contributed by atoms with Crippen molar-refractivity contribution in [3.8, 4) is 0 Å². The summed E-state index contributed by atoms with van der Waals surface area (Å²) in [7, 11) is 0. The Morgan fingerprint density at radius 2 is 2.21 bits per heavy atom. The molecule has 0 saturated heterocycles. The van der Waals surface area contributed by atoms with Gasteiger partial charge in [0.05, 0.1) is 11.1 Å². The van der Waals surface area contributed by atoms with Gasteiger partial charge in [0.15, 0.2) is 0 Å². The Morgan fingerprint density at radius 1 is 1.42 bits per heavy atom. The van der Waals surface area contributed by atoms with Crippen LogP contribution in [0.5, 0.6) is 0 Å². The van der Waals surface area contributed by atoms with Gasteiger partial charge in [-0.2, -0.15) is 0 Å². The van der Waals surface area contributed by atoms with Crippen molar-refractivity contribution in [3.05, 3.63) is 56.5 Å². The van der Waals surface area contributed by atoms with Crippen molar-refractivity contribution in [1.82, 2.24) is 5.32 Å². The lowest BCUT2D eigenvalue weighted by atomic mass is 10.0. The van der Waals surface area contributed by atoms with E-state index in [1.165, 1.54) is 10.9 Å². The predicted octanol–water partition coefficient (Wildman–Crippen LogP) is 4.94. The Balaban J connectivity index is 2.39. The standard InChI is InChI=1S/C15H17ClFNS/c1-3-7-18-15(11-8-10(2)19-9-11)12-5-4-6-13(17)14(12)16/h4-6,8-9,15,18H,3,7H2,1-2H3. The largest absolute Gasteiger partial charge is 0.306 e. The van der Waals surface area contributed by atoms with Crippen molar-refractivity contribution >= 4 is 22.9 Å². The molecule has 1 nitrogen and oxygen atoms in total. The molecule has 19 heavy (non-hydrogen) atoms. The lowest BCUT2D eigenvalue weighted by molar-refractivity contribution is 0.587. The fourth-order valence-corrected chi connectivity index (χ4v) is 3.02. The zero-order chi connectivity index (χ0) is 13.8. The number of nitrogens with one attached hydrogen (secondary N) is 1. The van der Waals surface area contributed by atoms with Crippen molar-refractivity contribution < 1.29 is 4.39 Å². The molecule has 0 saturated carbocycles. The van der Waals surface area contributed by atoms with E-state index in [9.17, 15) is 4.39 Å². The van der Waals surface area contributed by atoms with Crippen LogP contribution in [-0.4, -0.2) is 6.54 Å². The van der Waals surface area contributed by atoms with Crippen molar-refractivity contribution in [2.45, 2.75) is 26.3 Å². The van der Waals surface area contributed by atoms with E-state index in [0.29, 0.717) is 0 Å². The third-order valence-corrected chi connectivity index (χ3v) is 4.25. The second-order valence-electron chi connectivity index (χ2n) is 4.52. The fourth-order valence-electron chi connectivity index (χ4n) is 2.05. The van der Waals surface area contributed by atoms with E-state index in [1.807, 2.05) is 6.07 Å². The van der Waals surface area contributed by atoms with Crippen LogP contribution in [0.25, 0.3) is 0 Å². The Morgan fingerprint density at radius 3 is 2.84 bits per heavy atom. The van der Waals surface area contributed by atoms with Gasteiger partial charge in [-0.1, -0.05) is 30.7 Å². The van der Waals surface area contributed by atoms with Crippen LogP contribution in [0.15, 0.2) is 29.6 Å². The molecule has 2 aromatic rings. The molecule has 2 rings (SSSR count). The molecular weight excluding hydrogens is 281 g/mol. The van der Waals surface area contributed by atoms with Gasteiger partial charge in [0.1, 0.15) is 5.82 Å². The first-order chi connectivity index (χ1) is 9.13. The van der Waals surface area contributed by atoms with Gasteiger partial charge in [-0.25, -0.2) is 4.39 Å². The number of thiophene rings is 1. The molecule has 1 aromatic carbocycles. The van der Waals surface area contributed by atoms with E-state index in [2.05, 4.69) is 30.6 Å². The molecule has 0 fully saturated rings. The van der Waals surface area contributed by atoms with Gasteiger partial charge < -0.3 is 5.32 Å². The Kier molecular flexibility index (Phi) is 4.97. The monoisotopic (exact) mass is 297 g/mol. The van der Waals surface area contributed by atoms with Gasteiger partial charge in [0, 0.05) is 4.88 Å². The van der Waals surface area contributed by atoms with Crippen LogP contribution >= 0.6 is 22.9 Å². The maximum Gasteiger partial charge on any atom is 0.142 e. The van der Waals surface area contributed by atoms with Crippen LogP contribution in [0.1, 0.15) is 35.4 Å². The van der Waals surface area contributed by atoms with E-state index in [1.54, 1.807) is 17.4 Å². The van der Waals surface area contributed by atoms with E-state index >= 15 is 0 Å². The highest BCUT2D eigenvalue weighted by molar-refractivity contribution is 7.10. The summed E-state index contributed by atoms with van der Waals surface area (Å²) in [6.07, 6.45) is 1.02. The summed E-state index contributed by atoms with van der Waals surface area (Å²) in [6, 6.07) is 7.05. The van der Waals surface area contributed by atoms with Crippen molar-refractivity contribution in [3.63, 3.8) is 0 Å². The van der Waals surface area contributed by atoms with Gasteiger partial charge in [-0.05, 0) is 48.5 Å². The lowest BCUT2D eigenvalue weighted by Crippen LogP contribution is -2.23. The molecule has 102 valence electrons. The molecule has 1 heterocycles. The maximum atomic E-state index is 13.6. The van der Waals surface area contributed by atoms with E-state index in [-0.39, 0.29) is 16.9 Å². The molecule has 1 aromatic heterocycles. The highest BCUT2D eigenvalue weighted by Gasteiger charge is 2.19. The van der Waals surface area contributed by atoms with Crippen LogP contribution < -0.4 is 5.32 Å². The van der Waals surface area contributed by atoms with Gasteiger partial charge in [0.25, 0.3) is 0 Å². The second-order valence-corrected chi connectivity index (χ2v) is 6.01. The molecule has 1 unspecified atom stereocenters. The molecule has 0 bridgehead atoms. The Hall–Kier alpha value is -0.900. The van der Waals surface area contributed by atoms with Crippen LogP contribution in [0, 0.1) is 12.7 Å². The SMILES string of the molecule is CCCNC(c1csc(C)c1)c1cccc(F)c1Cl. The molecule has 0 aliphatic rings. The molecule has 0 amide bonds. The maximum absolute atomic E-state index is 13.6. The molecule has 1 atom stereocenters. The minimum Gasteiger partial charge on any atom is -0.306 e. The average Bonchev–Trinajstić information content (AvgIpc) is 2.81. The number of rotatable bonds is 5. The number of hydrogen-bond acceptors (Lipinski definition) is 2. The first-order valence-corrected chi connectivity index (χ1v) is 7.61. The summed E-state index contributed by atoms with van der Waals surface area (Å²) in [5, 5.41) is 5.75. The average molecular weight is 298 g/mol. The third-order valence-electron chi connectivity index (χ3n) is 2.98. The molecule has 1 N–H and O–H groups in total. The second kappa shape index (κ2) is 6.51. The van der Waals surface area contributed by atoms with E-state index in [4.69, 9.17) is 11.6 Å². The predicted molar refractivity (Wildman–Crippen MR) is 80.6 cm³/mol. The molecule has 0 radical (unpaired) electrons. The van der Waals surface area contributed by atoms with E-state index < -0.39 is 0 Å². The Labute approximate surface area is 122 Å². The quantitative estimate of drug-likeness (QED) is 0.824. The zero-order valence-electron chi connectivity index (χ0n) is 11.0. The molecule has 0 aliphatic heterocycles. The van der Waals surface area contributed by atoms with Crippen molar-refractivity contribution in [1.29, 1.82) is 0 Å². The van der Waals surface area contributed by atoms with Gasteiger partial charge in [-0.15, -0.1) is 11.3 Å². The summed E-state index contributed by atoms with van der Waals surface area (Å²) >= 11 is 7.81. The van der Waals surface area contributed by atoms with E-state index in [0.717, 1.165) is 24.1 Å². The lowest BCUT2D eigenvalue weighted by Gasteiger charge is -2.19. The molecule has 4 heteroatoms. The zero-order valence-corrected chi connectivity index (χ0v) is 12.6. The summed E-state index contributed by atoms with van der Waals surface area (Å²) in [4.78, 5) is 1.24. The van der Waals surface area contributed by atoms with Crippen molar-refractivity contribution in [2.24, 2.45) is 0 Å². The summed E-state index contributed by atoms with van der Waals surface area (Å²) < 4.78 is 13.6. The smallest absolute Gasteiger partial charge is 0.142 e. The van der Waals surface area contributed by atoms with Crippen LogP contribution in [-0.2, 0) is 0 Å². The first-order valence-electron chi connectivity index (χ1n) is 6.35. The van der Waals surface area contributed by atoms with Gasteiger partial charge >= 0.3 is 0 Å². The number of halogens is 2. The van der Waals surface area contributed by atoms with Gasteiger partial charge in [0.2, 0.25) is 0 Å². The summed E-state index contributed by atoms with van der Waals surface area (Å²) in [5.74, 6) is -0.366. The fraction of sp³-hybridized carbons (Fsp3) is 0.333. The molecule has 0 aliphatic carbocycles. The third kappa shape index (κ3) is 3.35. The molecule has 0 spiro atoms. The highest BCUT2D eigenvalue weighted by Crippen LogP contribution is 2.32. The van der Waals surface area contributed by atoms with Gasteiger partial charge in [-0.3, -0.25) is 0 Å². The normalized spacial score (nSPS) is 12.6. The number of benzene rings is 1. The van der Waals surface area contributed by atoms with Crippen LogP contribution in [0.3, 0.4) is 0 Å². The topological polar surface area (TPSA) is 12.0 Å². The first kappa shape index (κ1) is 14.5. The minimum absolute atomic E-state index is 0.0481. The van der Waals surface area contributed by atoms with Crippen LogP contribution in [0.2, 0.25) is 5.02 Å². The molecular formula is C15H17ClFNS. The minimum atomic E-state index is -0.366. The Bertz CT molecular complexity index is 553. The van der Waals surface area contributed by atoms with Crippen LogP contribution in [0.4, 0.5) is 4.39 Å². The number of hydrogen-bond donors (Lipinski definition) is 1. The number of aryl methyl sites for hydroxylation is 1. The highest BCUT2D eigenvalue weighted by atomic mass is 35.5.